The van der Waals surface area contributed by atoms with Gasteiger partial charge in [0.2, 0.25) is 0 Å². The first-order valence-electron chi connectivity index (χ1n) is 7.12. The third-order valence-electron chi connectivity index (χ3n) is 3.70. The van der Waals surface area contributed by atoms with Crippen molar-refractivity contribution in [3.63, 3.8) is 0 Å². The highest BCUT2D eigenvalue weighted by Gasteiger charge is 2.26. The van der Waals surface area contributed by atoms with E-state index in [4.69, 9.17) is 4.74 Å². The van der Waals surface area contributed by atoms with Crippen molar-refractivity contribution in [3.05, 3.63) is 63.9 Å². The third kappa shape index (κ3) is 2.99. The maximum atomic E-state index is 14.1. The van der Waals surface area contributed by atoms with E-state index >= 15 is 0 Å². The summed E-state index contributed by atoms with van der Waals surface area (Å²) in [5.74, 6) is -0.293. The highest BCUT2D eigenvalue weighted by molar-refractivity contribution is 9.10. The lowest BCUT2D eigenvalue weighted by molar-refractivity contribution is 0.146. The topological polar surface area (TPSA) is 29.5 Å². The van der Waals surface area contributed by atoms with Crippen molar-refractivity contribution in [2.75, 3.05) is 11.4 Å². The molecule has 0 aromatic heterocycles. The minimum Gasteiger partial charge on any atom is -0.444 e. The number of halogens is 2. The quantitative estimate of drug-likeness (QED) is 0.775. The Kier molecular flexibility index (Phi) is 4.43. The Morgan fingerprint density at radius 2 is 2.00 bits per heavy atom. The second-order valence-electron chi connectivity index (χ2n) is 5.15. The molecule has 0 aliphatic carbocycles. The molecule has 3 nitrogen and oxygen atoms in total. The lowest BCUT2D eigenvalue weighted by Crippen LogP contribution is -2.36. The van der Waals surface area contributed by atoms with Crippen LogP contribution in [0, 0.1) is 5.82 Å². The van der Waals surface area contributed by atoms with Crippen LogP contribution in [0.5, 0.6) is 0 Å². The van der Waals surface area contributed by atoms with Crippen LogP contribution < -0.4 is 4.90 Å². The minimum atomic E-state index is -0.438. The SMILES string of the molecule is O=C(OCc1ccccc1)N1CCCc2c1ccc(Br)c2F. The van der Waals surface area contributed by atoms with Gasteiger partial charge < -0.3 is 4.74 Å². The molecule has 1 aliphatic heterocycles. The van der Waals surface area contributed by atoms with E-state index in [1.54, 1.807) is 12.1 Å². The Balaban J connectivity index is 1.76. The summed E-state index contributed by atoms with van der Waals surface area (Å²) in [6.45, 7) is 0.756. The van der Waals surface area contributed by atoms with Gasteiger partial charge in [-0.1, -0.05) is 30.3 Å². The zero-order chi connectivity index (χ0) is 15.5. The van der Waals surface area contributed by atoms with Gasteiger partial charge in [-0.05, 0) is 46.5 Å². The molecule has 22 heavy (non-hydrogen) atoms. The van der Waals surface area contributed by atoms with Crippen molar-refractivity contribution >= 4 is 27.7 Å². The molecule has 0 N–H and O–H groups in total. The number of fused-ring (bicyclic) bond motifs is 1. The molecule has 0 saturated heterocycles. The van der Waals surface area contributed by atoms with Crippen LogP contribution >= 0.6 is 15.9 Å². The average molecular weight is 364 g/mol. The Hall–Kier alpha value is -1.88. The second kappa shape index (κ2) is 6.48. The fourth-order valence-corrected chi connectivity index (χ4v) is 2.97. The van der Waals surface area contributed by atoms with Crippen molar-refractivity contribution in [1.82, 2.24) is 0 Å². The molecule has 1 heterocycles. The number of nitrogens with zero attached hydrogens (tertiary/aromatic N) is 1. The van der Waals surface area contributed by atoms with Crippen LogP contribution in [0.1, 0.15) is 17.5 Å². The molecule has 114 valence electrons. The van der Waals surface area contributed by atoms with E-state index in [9.17, 15) is 9.18 Å². The maximum Gasteiger partial charge on any atom is 0.414 e. The molecular weight excluding hydrogens is 349 g/mol. The van der Waals surface area contributed by atoms with Crippen LogP contribution in [0.15, 0.2) is 46.9 Å². The summed E-state index contributed by atoms with van der Waals surface area (Å²) in [5, 5.41) is 0. The molecule has 2 aromatic carbocycles. The molecule has 1 aliphatic rings. The maximum absolute atomic E-state index is 14.1. The van der Waals surface area contributed by atoms with Gasteiger partial charge in [-0.15, -0.1) is 0 Å². The molecule has 5 heteroatoms. The van der Waals surface area contributed by atoms with Gasteiger partial charge in [0.15, 0.2) is 0 Å². The molecule has 3 rings (SSSR count). The van der Waals surface area contributed by atoms with Crippen LogP contribution in [0.4, 0.5) is 14.9 Å². The molecule has 0 radical (unpaired) electrons. The van der Waals surface area contributed by atoms with Crippen molar-refractivity contribution in [2.45, 2.75) is 19.4 Å². The zero-order valence-corrected chi connectivity index (χ0v) is 13.5. The number of hydrogen-bond acceptors (Lipinski definition) is 2. The summed E-state index contributed by atoms with van der Waals surface area (Å²) in [4.78, 5) is 13.8. The van der Waals surface area contributed by atoms with Crippen LogP contribution in [-0.2, 0) is 17.8 Å². The molecular formula is C17H15BrFNO2. The molecule has 2 aromatic rings. The predicted molar refractivity (Wildman–Crippen MR) is 86.4 cm³/mol. The van der Waals surface area contributed by atoms with E-state index in [1.807, 2.05) is 30.3 Å². The van der Waals surface area contributed by atoms with Crippen molar-refractivity contribution in [3.8, 4) is 0 Å². The molecule has 0 fully saturated rings. The molecule has 0 spiro atoms. The first-order chi connectivity index (χ1) is 10.7. The summed E-state index contributed by atoms with van der Waals surface area (Å²) in [6.07, 6.45) is 0.913. The third-order valence-corrected chi connectivity index (χ3v) is 4.31. The number of anilines is 1. The van der Waals surface area contributed by atoms with Crippen molar-refractivity contribution < 1.29 is 13.9 Å². The lowest BCUT2D eigenvalue weighted by atomic mass is 10.0. The second-order valence-corrected chi connectivity index (χ2v) is 6.01. The van der Waals surface area contributed by atoms with Gasteiger partial charge in [0.1, 0.15) is 12.4 Å². The van der Waals surface area contributed by atoms with Gasteiger partial charge >= 0.3 is 6.09 Å². The van der Waals surface area contributed by atoms with Crippen molar-refractivity contribution in [1.29, 1.82) is 0 Å². The molecule has 0 unspecified atom stereocenters. The number of ether oxygens (including phenoxy) is 1. The van der Waals surface area contributed by atoms with Gasteiger partial charge in [0, 0.05) is 12.1 Å². The summed E-state index contributed by atoms with van der Waals surface area (Å²) in [5.41, 5.74) is 2.09. The first-order valence-corrected chi connectivity index (χ1v) is 7.91. The van der Waals surface area contributed by atoms with E-state index in [0.717, 1.165) is 12.0 Å². The summed E-state index contributed by atoms with van der Waals surface area (Å²) in [6, 6.07) is 12.9. The average Bonchev–Trinajstić information content (AvgIpc) is 2.56. The number of hydrogen-bond donors (Lipinski definition) is 0. The number of amides is 1. The standard InChI is InChI=1S/C17H15BrFNO2/c18-14-8-9-15-13(16(14)19)7-4-10-20(15)17(21)22-11-12-5-2-1-3-6-12/h1-3,5-6,8-9H,4,7,10-11H2. The van der Waals surface area contributed by atoms with Gasteiger partial charge in [-0.2, -0.15) is 0 Å². The number of rotatable bonds is 2. The number of benzene rings is 2. The Morgan fingerprint density at radius 1 is 1.23 bits per heavy atom. The van der Waals surface area contributed by atoms with Gasteiger partial charge in [0.05, 0.1) is 10.2 Å². The van der Waals surface area contributed by atoms with Crippen LogP contribution in [0.2, 0.25) is 0 Å². The molecule has 0 saturated carbocycles. The predicted octanol–water partition coefficient (Wildman–Crippen LogP) is 4.68. The zero-order valence-electron chi connectivity index (χ0n) is 11.9. The van der Waals surface area contributed by atoms with Crippen molar-refractivity contribution in [2.24, 2.45) is 0 Å². The van der Waals surface area contributed by atoms with Crippen LogP contribution in [-0.4, -0.2) is 12.6 Å². The van der Waals surface area contributed by atoms with E-state index in [-0.39, 0.29) is 12.4 Å². The van der Waals surface area contributed by atoms with Gasteiger partial charge in [-0.3, -0.25) is 4.90 Å². The monoisotopic (exact) mass is 363 g/mol. The summed E-state index contributed by atoms with van der Waals surface area (Å²) < 4.78 is 19.9. The smallest absolute Gasteiger partial charge is 0.414 e. The lowest BCUT2D eigenvalue weighted by Gasteiger charge is -2.29. The van der Waals surface area contributed by atoms with Gasteiger partial charge in [0.25, 0.3) is 0 Å². The highest BCUT2D eigenvalue weighted by atomic mass is 79.9. The van der Waals surface area contributed by atoms with E-state index < -0.39 is 6.09 Å². The normalized spacial score (nSPS) is 13.6. The molecule has 1 amide bonds. The Labute approximate surface area is 136 Å². The number of carbonyl (C=O) groups excluding carboxylic acids is 1. The highest BCUT2D eigenvalue weighted by Crippen LogP contribution is 2.33. The minimum absolute atomic E-state index is 0.213. The first kappa shape index (κ1) is 15.0. The van der Waals surface area contributed by atoms with Gasteiger partial charge in [-0.25, -0.2) is 9.18 Å². The summed E-state index contributed by atoms with van der Waals surface area (Å²) in [7, 11) is 0. The summed E-state index contributed by atoms with van der Waals surface area (Å²) >= 11 is 3.18. The number of carbonyl (C=O) groups is 1. The fraction of sp³-hybridized carbons (Fsp3) is 0.235. The van der Waals surface area contributed by atoms with E-state index in [0.29, 0.717) is 28.7 Å². The molecule has 0 atom stereocenters. The van der Waals surface area contributed by atoms with E-state index in [2.05, 4.69) is 15.9 Å². The largest absolute Gasteiger partial charge is 0.444 e. The van der Waals surface area contributed by atoms with Crippen LogP contribution in [0.3, 0.4) is 0 Å². The van der Waals surface area contributed by atoms with Crippen LogP contribution in [0.25, 0.3) is 0 Å². The van der Waals surface area contributed by atoms with E-state index in [1.165, 1.54) is 4.90 Å². The molecule has 0 bridgehead atoms. The Morgan fingerprint density at radius 3 is 2.77 bits per heavy atom. The fourth-order valence-electron chi connectivity index (χ4n) is 2.59. The Bertz CT molecular complexity index is 691.